The molecule has 0 unspecified atom stereocenters. The number of carbonyl (C=O) groups excluding carboxylic acids is 1. The summed E-state index contributed by atoms with van der Waals surface area (Å²) in [5.41, 5.74) is 6.53. The quantitative estimate of drug-likeness (QED) is 0.362. The van der Waals surface area contributed by atoms with Gasteiger partial charge in [0.05, 0.1) is 31.7 Å². The third kappa shape index (κ3) is 4.72. The van der Waals surface area contributed by atoms with Gasteiger partial charge in [-0.05, 0) is 30.7 Å². The van der Waals surface area contributed by atoms with Crippen molar-refractivity contribution in [2.24, 2.45) is 5.10 Å². The van der Waals surface area contributed by atoms with Gasteiger partial charge in [-0.15, -0.1) is 0 Å². The van der Waals surface area contributed by atoms with Crippen LogP contribution in [-0.2, 0) is 6.54 Å². The van der Waals surface area contributed by atoms with Crippen LogP contribution in [0.3, 0.4) is 0 Å². The predicted octanol–water partition coefficient (Wildman–Crippen LogP) is 4.27. The van der Waals surface area contributed by atoms with Gasteiger partial charge in [-0.2, -0.15) is 10.2 Å². The Morgan fingerprint density at radius 1 is 1.19 bits per heavy atom. The Morgan fingerprint density at radius 3 is 2.77 bits per heavy atom. The van der Waals surface area contributed by atoms with E-state index < -0.39 is 0 Å². The van der Waals surface area contributed by atoms with Gasteiger partial charge >= 0.3 is 0 Å². The molecular weight excluding hydrogens is 392 g/mol. The summed E-state index contributed by atoms with van der Waals surface area (Å²) in [6.45, 7) is 2.35. The molecule has 0 radical (unpaired) electrons. The maximum atomic E-state index is 12.3. The zero-order valence-electron chi connectivity index (χ0n) is 17.3. The molecule has 1 N–H and O–H groups in total. The monoisotopic (exact) mass is 414 g/mol. The third-order valence-corrected chi connectivity index (χ3v) is 4.79. The summed E-state index contributed by atoms with van der Waals surface area (Å²) in [5, 5.41) is 8.89. The predicted molar refractivity (Wildman–Crippen MR) is 118 cm³/mol. The molecule has 4 rings (SSSR count). The van der Waals surface area contributed by atoms with Gasteiger partial charge in [-0.25, -0.2) is 5.43 Å². The van der Waals surface area contributed by atoms with Crippen LogP contribution in [0.15, 0.2) is 82.6 Å². The van der Waals surface area contributed by atoms with Gasteiger partial charge in [-0.1, -0.05) is 42.5 Å². The Labute approximate surface area is 180 Å². The second kappa shape index (κ2) is 9.13. The Hall–Kier alpha value is -4.13. The number of ether oxygens (including phenoxy) is 1. The summed E-state index contributed by atoms with van der Waals surface area (Å²) in [6.07, 6.45) is 4.97. The van der Waals surface area contributed by atoms with Gasteiger partial charge in [-0.3, -0.25) is 9.48 Å². The van der Waals surface area contributed by atoms with Crippen molar-refractivity contribution in [3.8, 4) is 17.0 Å². The molecule has 4 aromatic rings. The number of rotatable bonds is 7. The van der Waals surface area contributed by atoms with Crippen LogP contribution >= 0.6 is 0 Å². The van der Waals surface area contributed by atoms with E-state index in [1.807, 2.05) is 65.5 Å². The van der Waals surface area contributed by atoms with Crippen LogP contribution in [0.25, 0.3) is 11.3 Å². The average Bonchev–Trinajstić information content (AvgIpc) is 3.40. The van der Waals surface area contributed by atoms with E-state index in [0.717, 1.165) is 28.1 Å². The molecule has 2 aromatic heterocycles. The first-order valence-electron chi connectivity index (χ1n) is 9.77. The summed E-state index contributed by atoms with van der Waals surface area (Å²) < 4.78 is 12.4. The molecule has 2 heterocycles. The molecule has 156 valence electrons. The summed E-state index contributed by atoms with van der Waals surface area (Å²) in [4.78, 5) is 12.3. The van der Waals surface area contributed by atoms with Crippen molar-refractivity contribution in [2.45, 2.75) is 13.5 Å². The van der Waals surface area contributed by atoms with Crippen molar-refractivity contribution in [3.63, 3.8) is 0 Å². The lowest BCUT2D eigenvalue weighted by atomic mass is 10.1. The van der Waals surface area contributed by atoms with Crippen LogP contribution in [0.2, 0.25) is 0 Å². The lowest BCUT2D eigenvalue weighted by Gasteiger charge is -2.03. The van der Waals surface area contributed by atoms with Crippen molar-refractivity contribution in [3.05, 3.63) is 95.6 Å². The van der Waals surface area contributed by atoms with Crippen LogP contribution in [0.4, 0.5) is 0 Å². The second-order valence-electron chi connectivity index (χ2n) is 6.94. The average molecular weight is 414 g/mol. The molecule has 0 saturated heterocycles. The SMILES string of the molecule is COc1cccc(-c2nn(Cc3ccccc3)cc2/C=N\NC(=O)c2ccoc2C)c1. The Balaban J connectivity index is 1.62. The molecule has 0 atom stereocenters. The molecule has 0 aliphatic carbocycles. The number of methoxy groups -OCH3 is 1. The molecule has 7 nitrogen and oxygen atoms in total. The van der Waals surface area contributed by atoms with E-state index >= 15 is 0 Å². The maximum absolute atomic E-state index is 12.3. The largest absolute Gasteiger partial charge is 0.497 e. The number of furan rings is 1. The highest BCUT2D eigenvalue weighted by molar-refractivity contribution is 5.96. The van der Waals surface area contributed by atoms with Gasteiger partial charge < -0.3 is 9.15 Å². The van der Waals surface area contributed by atoms with E-state index in [9.17, 15) is 4.79 Å². The number of nitrogens with one attached hydrogen (secondary N) is 1. The second-order valence-corrected chi connectivity index (χ2v) is 6.94. The van der Waals surface area contributed by atoms with Crippen molar-refractivity contribution < 1.29 is 13.9 Å². The molecule has 0 fully saturated rings. The number of benzene rings is 2. The van der Waals surface area contributed by atoms with Gasteiger partial charge in [0, 0.05) is 17.3 Å². The van der Waals surface area contributed by atoms with E-state index in [1.54, 1.807) is 26.3 Å². The number of aromatic nitrogens is 2. The number of hydrogen-bond acceptors (Lipinski definition) is 5. The van der Waals surface area contributed by atoms with E-state index in [1.165, 1.54) is 6.26 Å². The Bertz CT molecular complexity index is 1210. The van der Waals surface area contributed by atoms with Crippen molar-refractivity contribution in [1.82, 2.24) is 15.2 Å². The summed E-state index contributed by atoms with van der Waals surface area (Å²) >= 11 is 0. The fourth-order valence-corrected chi connectivity index (χ4v) is 3.22. The molecule has 7 heteroatoms. The van der Waals surface area contributed by atoms with Crippen molar-refractivity contribution in [2.75, 3.05) is 7.11 Å². The molecule has 0 spiro atoms. The molecule has 0 aliphatic rings. The summed E-state index contributed by atoms with van der Waals surface area (Å²) in [6, 6.07) is 19.4. The highest BCUT2D eigenvalue weighted by Gasteiger charge is 2.13. The minimum absolute atomic E-state index is 0.331. The van der Waals surface area contributed by atoms with Crippen LogP contribution in [0.1, 0.15) is 27.2 Å². The summed E-state index contributed by atoms with van der Waals surface area (Å²) in [5.74, 6) is 0.948. The topological polar surface area (TPSA) is 81.6 Å². The normalized spacial score (nSPS) is 11.0. The molecule has 1 amide bonds. The minimum atomic E-state index is -0.331. The van der Waals surface area contributed by atoms with Gasteiger partial charge in [0.25, 0.3) is 5.91 Å². The Morgan fingerprint density at radius 2 is 2.03 bits per heavy atom. The highest BCUT2D eigenvalue weighted by atomic mass is 16.5. The van der Waals surface area contributed by atoms with Crippen LogP contribution in [0.5, 0.6) is 5.75 Å². The first-order chi connectivity index (χ1) is 15.1. The number of nitrogens with zero attached hydrogens (tertiary/aromatic N) is 3. The zero-order chi connectivity index (χ0) is 21.6. The first kappa shape index (κ1) is 20.2. The van der Waals surface area contributed by atoms with Crippen LogP contribution in [0, 0.1) is 6.92 Å². The number of carbonyl (C=O) groups is 1. The smallest absolute Gasteiger partial charge is 0.274 e. The first-order valence-corrected chi connectivity index (χ1v) is 9.77. The molecule has 0 aliphatic heterocycles. The lowest BCUT2D eigenvalue weighted by Crippen LogP contribution is -2.17. The highest BCUT2D eigenvalue weighted by Crippen LogP contribution is 2.25. The molecule has 2 aromatic carbocycles. The molecule has 0 saturated carbocycles. The lowest BCUT2D eigenvalue weighted by molar-refractivity contribution is 0.0953. The minimum Gasteiger partial charge on any atom is -0.497 e. The zero-order valence-corrected chi connectivity index (χ0v) is 17.3. The van der Waals surface area contributed by atoms with Crippen molar-refractivity contribution in [1.29, 1.82) is 0 Å². The summed E-state index contributed by atoms with van der Waals surface area (Å²) in [7, 11) is 1.63. The van der Waals surface area contributed by atoms with Gasteiger partial charge in [0.15, 0.2) is 0 Å². The number of hydrazone groups is 1. The van der Waals surface area contributed by atoms with E-state index in [2.05, 4.69) is 10.5 Å². The van der Waals surface area contributed by atoms with E-state index in [-0.39, 0.29) is 5.91 Å². The molecule has 0 bridgehead atoms. The number of aryl methyl sites for hydroxylation is 1. The number of hydrogen-bond donors (Lipinski definition) is 1. The van der Waals surface area contributed by atoms with Crippen LogP contribution in [-0.4, -0.2) is 29.0 Å². The fourth-order valence-electron chi connectivity index (χ4n) is 3.22. The van der Waals surface area contributed by atoms with Crippen LogP contribution < -0.4 is 10.2 Å². The van der Waals surface area contributed by atoms with Gasteiger partial charge in [0.1, 0.15) is 17.2 Å². The fraction of sp³-hybridized carbons (Fsp3) is 0.125. The third-order valence-electron chi connectivity index (χ3n) is 4.79. The van der Waals surface area contributed by atoms with E-state index in [0.29, 0.717) is 17.9 Å². The molecular formula is C24H22N4O3. The Kier molecular flexibility index (Phi) is 5.93. The standard InChI is InChI=1S/C24H22N4O3/c1-17-22(11-12-31-17)24(29)26-25-14-20-16-28(15-18-7-4-3-5-8-18)27-23(20)19-9-6-10-21(13-19)30-2/h3-14,16H,15H2,1-2H3,(H,26,29)/b25-14-. The number of amides is 1. The maximum Gasteiger partial charge on any atom is 0.274 e. The van der Waals surface area contributed by atoms with Gasteiger partial charge in [0.2, 0.25) is 0 Å². The van der Waals surface area contributed by atoms with E-state index in [4.69, 9.17) is 14.3 Å². The van der Waals surface area contributed by atoms with Crippen molar-refractivity contribution >= 4 is 12.1 Å². The molecule has 31 heavy (non-hydrogen) atoms.